The van der Waals surface area contributed by atoms with Crippen molar-refractivity contribution >= 4 is 22.0 Å². The van der Waals surface area contributed by atoms with Crippen LogP contribution < -0.4 is 10.0 Å². The van der Waals surface area contributed by atoms with Crippen molar-refractivity contribution in [2.24, 2.45) is 0 Å². The Morgan fingerprint density at radius 3 is 2.36 bits per heavy atom. The highest BCUT2D eigenvalue weighted by Gasteiger charge is 2.09. The minimum atomic E-state index is -3.44. The lowest BCUT2D eigenvalue weighted by Gasteiger charge is -2.03. The van der Waals surface area contributed by atoms with Gasteiger partial charge in [0.1, 0.15) is 0 Å². The van der Waals surface area contributed by atoms with E-state index >= 15 is 0 Å². The summed E-state index contributed by atoms with van der Waals surface area (Å²) in [7, 11) is -2.07. The van der Waals surface area contributed by atoms with E-state index in [-0.39, 0.29) is 10.8 Å². The molecule has 0 bridgehead atoms. The fourth-order valence-corrected chi connectivity index (χ4v) is 2.99. The van der Waals surface area contributed by atoms with Crippen LogP contribution in [-0.2, 0) is 21.2 Å². The van der Waals surface area contributed by atoms with Crippen LogP contribution >= 0.6 is 0 Å². The van der Waals surface area contributed by atoms with Crippen LogP contribution in [-0.4, -0.2) is 27.9 Å². The summed E-state index contributed by atoms with van der Waals surface area (Å²) >= 11 is 0. The number of carbonyl (C=O) groups excluding carboxylic acids is 1. The first-order chi connectivity index (χ1) is 12.0. The van der Waals surface area contributed by atoms with Gasteiger partial charge in [-0.3, -0.25) is 4.79 Å². The highest BCUT2D eigenvalue weighted by Crippen LogP contribution is 2.11. The lowest BCUT2D eigenvalue weighted by molar-refractivity contribution is -0.116. The smallest absolute Gasteiger partial charge is 0.243 e. The van der Waals surface area contributed by atoms with Crippen LogP contribution in [0.25, 0.3) is 6.08 Å². The number of hydrogen-bond acceptors (Lipinski definition) is 3. The molecule has 0 heterocycles. The average molecular weight is 358 g/mol. The Balaban J connectivity index is 1.78. The van der Waals surface area contributed by atoms with E-state index in [1.807, 2.05) is 18.2 Å². The van der Waals surface area contributed by atoms with Crippen molar-refractivity contribution in [3.8, 4) is 0 Å². The second-order valence-electron chi connectivity index (χ2n) is 5.49. The molecule has 132 valence electrons. The van der Waals surface area contributed by atoms with Crippen LogP contribution in [0.3, 0.4) is 0 Å². The molecule has 1 amide bonds. The summed E-state index contributed by atoms with van der Waals surface area (Å²) in [6.07, 6.45) is 4.90. The molecule has 0 saturated heterocycles. The third-order valence-electron chi connectivity index (χ3n) is 3.67. The maximum atomic E-state index is 11.8. The highest BCUT2D eigenvalue weighted by atomic mass is 32.2. The van der Waals surface area contributed by atoms with E-state index in [0.29, 0.717) is 6.54 Å². The van der Waals surface area contributed by atoms with Gasteiger partial charge < -0.3 is 5.32 Å². The number of nitrogens with one attached hydrogen (secondary N) is 2. The summed E-state index contributed by atoms with van der Waals surface area (Å²) < 4.78 is 25.5. The van der Waals surface area contributed by atoms with Crippen LogP contribution in [0.2, 0.25) is 0 Å². The molecule has 0 aliphatic carbocycles. The van der Waals surface area contributed by atoms with Crippen LogP contribution in [0.5, 0.6) is 0 Å². The lowest BCUT2D eigenvalue weighted by Crippen LogP contribution is -2.22. The molecule has 2 rings (SSSR count). The van der Waals surface area contributed by atoms with Crippen LogP contribution in [0, 0.1) is 0 Å². The molecule has 0 saturated carbocycles. The zero-order chi connectivity index (χ0) is 18.1. The van der Waals surface area contributed by atoms with E-state index in [2.05, 4.69) is 22.2 Å². The first-order valence-corrected chi connectivity index (χ1v) is 9.53. The normalized spacial score (nSPS) is 11.6. The van der Waals surface area contributed by atoms with E-state index in [4.69, 9.17) is 0 Å². The summed E-state index contributed by atoms with van der Waals surface area (Å²) in [6.45, 7) is 0.609. The van der Waals surface area contributed by atoms with Gasteiger partial charge >= 0.3 is 0 Å². The number of benzene rings is 2. The van der Waals surface area contributed by atoms with Gasteiger partial charge in [0.05, 0.1) is 4.90 Å². The first kappa shape index (κ1) is 18.9. The SMILES string of the molecule is CNS(=O)(=O)c1ccc(/C=C/C(=O)NCCCc2ccccc2)cc1. The Kier molecular flexibility index (Phi) is 6.91. The van der Waals surface area contributed by atoms with Crippen LogP contribution in [0.15, 0.2) is 65.6 Å². The minimum Gasteiger partial charge on any atom is -0.353 e. The van der Waals surface area contributed by atoms with Gasteiger partial charge in [0.2, 0.25) is 15.9 Å². The summed E-state index contributed by atoms with van der Waals surface area (Å²) in [5.41, 5.74) is 2.01. The number of rotatable bonds is 8. The molecule has 2 aromatic carbocycles. The van der Waals surface area contributed by atoms with Crippen molar-refractivity contribution in [3.05, 3.63) is 71.8 Å². The predicted octanol–water partition coefficient (Wildman–Crippen LogP) is 2.36. The molecule has 2 N–H and O–H groups in total. The maximum absolute atomic E-state index is 11.8. The largest absolute Gasteiger partial charge is 0.353 e. The average Bonchev–Trinajstić information content (AvgIpc) is 2.65. The molecule has 0 atom stereocenters. The lowest BCUT2D eigenvalue weighted by atomic mass is 10.1. The molecule has 0 spiro atoms. The number of hydrogen-bond donors (Lipinski definition) is 2. The Hall–Kier alpha value is -2.44. The Morgan fingerprint density at radius 1 is 1.04 bits per heavy atom. The van der Waals surface area contributed by atoms with Crippen molar-refractivity contribution in [1.29, 1.82) is 0 Å². The molecule has 0 fully saturated rings. The monoisotopic (exact) mass is 358 g/mol. The second kappa shape index (κ2) is 9.15. The number of sulfonamides is 1. The topological polar surface area (TPSA) is 75.3 Å². The Bertz CT molecular complexity index is 814. The predicted molar refractivity (Wildman–Crippen MR) is 99.5 cm³/mol. The molecule has 0 aliphatic heterocycles. The van der Waals surface area contributed by atoms with Gasteiger partial charge in [-0.05, 0) is 49.2 Å². The van der Waals surface area contributed by atoms with Crippen LogP contribution in [0.1, 0.15) is 17.5 Å². The standard InChI is InChI=1S/C19H22N2O3S/c1-20-25(23,24)18-12-9-17(10-13-18)11-14-19(22)21-15-5-8-16-6-3-2-4-7-16/h2-4,6-7,9-14,20H,5,8,15H2,1H3,(H,21,22)/b14-11+. The van der Waals surface area contributed by atoms with E-state index < -0.39 is 10.0 Å². The van der Waals surface area contributed by atoms with Crippen molar-refractivity contribution < 1.29 is 13.2 Å². The molecule has 6 heteroatoms. The summed E-state index contributed by atoms with van der Waals surface area (Å²) in [5, 5.41) is 2.84. The maximum Gasteiger partial charge on any atom is 0.243 e. The quantitative estimate of drug-likeness (QED) is 0.562. The van der Waals surface area contributed by atoms with Gasteiger partial charge in [-0.25, -0.2) is 13.1 Å². The molecule has 5 nitrogen and oxygen atoms in total. The van der Waals surface area contributed by atoms with Crippen molar-refractivity contribution in [3.63, 3.8) is 0 Å². The molecular weight excluding hydrogens is 336 g/mol. The first-order valence-electron chi connectivity index (χ1n) is 8.05. The molecule has 0 aromatic heterocycles. The third-order valence-corrected chi connectivity index (χ3v) is 5.10. The van der Waals surface area contributed by atoms with E-state index in [1.54, 1.807) is 18.2 Å². The number of amides is 1. The van der Waals surface area contributed by atoms with Crippen molar-refractivity contribution in [2.75, 3.05) is 13.6 Å². The third kappa shape index (κ3) is 6.17. The van der Waals surface area contributed by atoms with E-state index in [1.165, 1.54) is 30.8 Å². The Labute approximate surface area is 148 Å². The van der Waals surface area contributed by atoms with Crippen LogP contribution in [0.4, 0.5) is 0 Å². The molecule has 0 aliphatic rings. The number of aryl methyl sites for hydroxylation is 1. The molecular formula is C19H22N2O3S. The fourth-order valence-electron chi connectivity index (χ4n) is 2.26. The zero-order valence-corrected chi connectivity index (χ0v) is 14.9. The van der Waals surface area contributed by atoms with Gasteiger partial charge in [-0.1, -0.05) is 42.5 Å². The number of carbonyl (C=O) groups is 1. The minimum absolute atomic E-state index is 0.167. The zero-order valence-electron chi connectivity index (χ0n) is 14.1. The molecule has 25 heavy (non-hydrogen) atoms. The summed E-state index contributed by atoms with van der Waals surface area (Å²) in [5.74, 6) is -0.167. The fraction of sp³-hybridized carbons (Fsp3) is 0.211. The highest BCUT2D eigenvalue weighted by molar-refractivity contribution is 7.89. The van der Waals surface area contributed by atoms with Gasteiger partial charge in [0, 0.05) is 12.6 Å². The molecule has 0 radical (unpaired) electrons. The summed E-state index contributed by atoms with van der Waals surface area (Å²) in [6, 6.07) is 16.4. The second-order valence-corrected chi connectivity index (χ2v) is 7.38. The molecule has 0 unspecified atom stereocenters. The van der Waals surface area contributed by atoms with Gasteiger partial charge in [0.25, 0.3) is 0 Å². The van der Waals surface area contributed by atoms with E-state index in [0.717, 1.165) is 18.4 Å². The Morgan fingerprint density at radius 2 is 1.72 bits per heavy atom. The van der Waals surface area contributed by atoms with Gasteiger partial charge in [0.15, 0.2) is 0 Å². The molecule has 2 aromatic rings. The van der Waals surface area contributed by atoms with Crippen molar-refractivity contribution in [1.82, 2.24) is 10.0 Å². The van der Waals surface area contributed by atoms with Gasteiger partial charge in [-0.15, -0.1) is 0 Å². The van der Waals surface area contributed by atoms with Gasteiger partial charge in [-0.2, -0.15) is 0 Å². The van der Waals surface area contributed by atoms with Crippen molar-refractivity contribution in [2.45, 2.75) is 17.7 Å². The van der Waals surface area contributed by atoms with E-state index in [9.17, 15) is 13.2 Å². The summed E-state index contributed by atoms with van der Waals surface area (Å²) in [4.78, 5) is 12.0.